The molecule has 3 fully saturated rings. The van der Waals surface area contributed by atoms with Crippen molar-refractivity contribution in [2.45, 2.75) is 72.4 Å². The molecule has 0 atom stereocenters. The fourth-order valence-electron chi connectivity index (χ4n) is 9.12. The van der Waals surface area contributed by atoms with Gasteiger partial charge < -0.3 is 34.1 Å². The summed E-state index contributed by atoms with van der Waals surface area (Å²) in [6.07, 6.45) is 6.49. The number of hydrogen-bond acceptors (Lipinski definition) is 15. The van der Waals surface area contributed by atoms with E-state index in [1.807, 2.05) is 65.8 Å². The topological polar surface area (TPSA) is 182 Å². The fraction of sp³-hybridized carbons (Fsp3) is 0.456. The van der Waals surface area contributed by atoms with Gasteiger partial charge in [-0.15, -0.1) is 0 Å². The summed E-state index contributed by atoms with van der Waals surface area (Å²) in [5.74, 6) is 0. The van der Waals surface area contributed by atoms with Gasteiger partial charge in [-0.25, -0.2) is 38.7 Å². The van der Waals surface area contributed by atoms with Crippen LogP contribution in [-0.4, -0.2) is 198 Å². The number of imidazole rings is 4. The normalized spacial score (nSPS) is 16.6. The van der Waals surface area contributed by atoms with Crippen LogP contribution in [0.2, 0.25) is 0 Å². The van der Waals surface area contributed by atoms with Crippen LogP contribution in [0.3, 0.4) is 0 Å². The molecule has 0 radical (unpaired) electrons. The van der Waals surface area contributed by atoms with Crippen molar-refractivity contribution in [1.82, 2.24) is 68.4 Å². The first-order valence-corrected chi connectivity index (χ1v) is 26.3. The van der Waals surface area contributed by atoms with Crippen molar-refractivity contribution in [3.8, 4) is 0 Å². The van der Waals surface area contributed by atoms with Gasteiger partial charge in [0.05, 0.1) is 56.8 Å². The monoisotopic (exact) mass is 1040 g/mol. The Balaban J connectivity index is 0.000000139. The zero-order valence-corrected chi connectivity index (χ0v) is 45.8. The van der Waals surface area contributed by atoms with E-state index < -0.39 is 17.3 Å². The Morgan fingerprint density at radius 3 is 1.38 bits per heavy atom. The Hall–Kier alpha value is -6.87. The Morgan fingerprint density at radius 2 is 0.895 bits per heavy atom. The molecular formula is C57H76N14O5. The third-order valence-corrected chi connectivity index (χ3v) is 13.5. The number of nitrogens with zero attached hydrogens (tertiary/aromatic N) is 12. The summed E-state index contributed by atoms with van der Waals surface area (Å²) in [5, 5.41) is 0. The van der Waals surface area contributed by atoms with E-state index in [9.17, 15) is 14.4 Å². The van der Waals surface area contributed by atoms with Crippen molar-refractivity contribution in [2.75, 3.05) is 99.7 Å². The molecule has 3 saturated heterocycles. The van der Waals surface area contributed by atoms with E-state index in [1.54, 1.807) is 37.4 Å². The molecule has 4 aromatic carbocycles. The van der Waals surface area contributed by atoms with Crippen LogP contribution >= 0.6 is 0 Å². The highest BCUT2D eigenvalue weighted by molar-refractivity contribution is 5.88. The molecule has 3 aliphatic rings. The predicted octanol–water partition coefficient (Wildman–Crippen LogP) is 7.82. The van der Waals surface area contributed by atoms with Crippen LogP contribution in [0.5, 0.6) is 0 Å². The zero-order chi connectivity index (χ0) is 54.0. The second-order valence-electron chi connectivity index (χ2n) is 22.1. The highest BCUT2D eigenvalue weighted by Crippen LogP contribution is 2.22. The Bertz CT molecular complexity index is 3170. The Labute approximate surface area is 445 Å². The lowest BCUT2D eigenvalue weighted by Gasteiger charge is -2.32. The van der Waals surface area contributed by atoms with E-state index in [0.717, 1.165) is 136 Å². The van der Waals surface area contributed by atoms with E-state index in [2.05, 4.69) is 117 Å². The largest absolute Gasteiger partial charge is 0.443 e. The molecule has 7 heterocycles. The number of carbonyl (C=O) groups is 3. The molecule has 11 rings (SSSR count). The molecule has 0 aliphatic carbocycles. The summed E-state index contributed by atoms with van der Waals surface area (Å²) < 4.78 is 13.8. The van der Waals surface area contributed by atoms with Crippen LogP contribution in [0.15, 0.2) is 98.1 Å². The summed E-state index contributed by atoms with van der Waals surface area (Å²) >= 11 is 0. The molecule has 2 N–H and O–H groups in total. The van der Waals surface area contributed by atoms with Gasteiger partial charge in [-0.1, -0.05) is 18.2 Å². The highest BCUT2D eigenvalue weighted by atomic mass is 16.6. The van der Waals surface area contributed by atoms with Crippen molar-refractivity contribution < 1.29 is 23.9 Å². The lowest BCUT2D eigenvalue weighted by molar-refractivity contribution is 0.0532. The third kappa shape index (κ3) is 15.6. The van der Waals surface area contributed by atoms with Gasteiger partial charge in [-0.2, -0.15) is 0 Å². The number of piperazine rings is 3. The first-order valence-electron chi connectivity index (χ1n) is 26.3. The van der Waals surface area contributed by atoms with Crippen LogP contribution in [-0.2, 0) is 29.1 Å². The SMILES string of the molecule is CN1CCN(Cc2ccc3c(c2)ncn3C(=O)OC(C)(C)C)CC1.CN1CCN(Cc2ccc3nc[nH]c3c2)CC1.CN1CCN(Cc2ccc3ncn(C(=O)OC(C)(C)C)c3c2)CC1.O=Cc1ccc2nc[nH]c2c1. The fourth-order valence-corrected chi connectivity index (χ4v) is 9.12. The van der Waals surface area contributed by atoms with Crippen LogP contribution in [0.4, 0.5) is 9.59 Å². The van der Waals surface area contributed by atoms with E-state index in [4.69, 9.17) is 9.47 Å². The van der Waals surface area contributed by atoms with Crippen LogP contribution in [0.25, 0.3) is 44.1 Å². The van der Waals surface area contributed by atoms with Crippen molar-refractivity contribution in [2.24, 2.45) is 0 Å². The van der Waals surface area contributed by atoms with E-state index in [1.165, 1.54) is 38.9 Å². The number of H-pyrrole nitrogens is 2. The minimum absolute atomic E-state index is 0.387. The number of nitrogens with one attached hydrogen (secondary N) is 2. The first-order chi connectivity index (χ1) is 36.3. The summed E-state index contributed by atoms with van der Waals surface area (Å²) in [4.78, 5) is 72.5. The van der Waals surface area contributed by atoms with Crippen molar-refractivity contribution in [3.63, 3.8) is 0 Å². The van der Waals surface area contributed by atoms with Crippen LogP contribution < -0.4 is 0 Å². The minimum Gasteiger partial charge on any atom is -0.443 e. The number of carbonyl (C=O) groups excluding carboxylic acids is 3. The molecule has 0 amide bonds. The maximum atomic E-state index is 12.4. The van der Waals surface area contributed by atoms with Gasteiger partial charge in [0, 0.05) is 104 Å². The number of benzene rings is 4. The summed E-state index contributed by atoms with van der Waals surface area (Å²) in [6, 6.07) is 24.0. The Morgan fingerprint density at radius 1 is 0.487 bits per heavy atom. The number of rotatable bonds is 7. The standard InChI is InChI=1S/2C18H26N4O2.C13H18N4.C8H6N2O/c1-18(2,3)24-17(23)22-13-19-15-11-14(5-6-16(15)22)12-21-9-7-20(4)8-10-21;1-18(2,3)24-17(23)22-13-19-15-6-5-14(11-16(15)22)12-21-9-7-20(4)8-10-21;1-16-4-6-17(7-5-16)9-11-2-3-12-13(8-11)15-10-14-12;11-4-6-1-2-7-8(3-6)10-5-9-7/h2*5-6,11,13H,7-10,12H2,1-4H3;2-3,8,10H,4-7,9H2,1H3,(H,14,15);1-5H,(H,9,10). The quantitative estimate of drug-likeness (QED) is 0.147. The van der Waals surface area contributed by atoms with Gasteiger partial charge in [-0.3, -0.25) is 19.5 Å². The number of likely N-dealkylation sites (N-methyl/N-ethyl adjacent to an activating group) is 3. The molecule has 0 spiro atoms. The second kappa shape index (κ2) is 24.9. The summed E-state index contributed by atoms with van der Waals surface area (Å²) in [6.45, 7) is 27.4. The summed E-state index contributed by atoms with van der Waals surface area (Å²) in [7, 11) is 6.50. The van der Waals surface area contributed by atoms with Gasteiger partial charge >= 0.3 is 12.2 Å². The van der Waals surface area contributed by atoms with E-state index in [-0.39, 0.29) is 6.09 Å². The maximum Gasteiger partial charge on any atom is 0.420 e. The van der Waals surface area contributed by atoms with Gasteiger partial charge in [0.1, 0.15) is 30.1 Å². The van der Waals surface area contributed by atoms with Crippen molar-refractivity contribution in [3.05, 3.63) is 120 Å². The molecule has 4 aromatic heterocycles. The number of aldehydes is 1. The number of ether oxygens (including phenoxy) is 2. The first kappa shape index (κ1) is 55.4. The molecule has 0 saturated carbocycles. The molecule has 0 bridgehead atoms. The van der Waals surface area contributed by atoms with Gasteiger partial charge in [-0.05, 0) is 134 Å². The van der Waals surface area contributed by atoms with Gasteiger partial charge in [0.2, 0.25) is 0 Å². The molecule has 404 valence electrons. The molecule has 3 aliphatic heterocycles. The maximum absolute atomic E-state index is 12.4. The van der Waals surface area contributed by atoms with E-state index in [0.29, 0.717) is 5.56 Å². The van der Waals surface area contributed by atoms with Gasteiger partial charge in [0.25, 0.3) is 0 Å². The minimum atomic E-state index is -0.523. The molecule has 19 heteroatoms. The number of hydrogen-bond donors (Lipinski definition) is 2. The molecule has 0 unspecified atom stereocenters. The average molecular weight is 1040 g/mol. The van der Waals surface area contributed by atoms with Crippen LogP contribution in [0.1, 0.15) is 68.6 Å². The second-order valence-corrected chi connectivity index (χ2v) is 22.1. The lowest BCUT2D eigenvalue weighted by Crippen LogP contribution is -2.43. The molecule has 8 aromatic rings. The predicted molar refractivity (Wildman–Crippen MR) is 299 cm³/mol. The third-order valence-electron chi connectivity index (χ3n) is 13.5. The van der Waals surface area contributed by atoms with Crippen LogP contribution in [0, 0.1) is 0 Å². The number of aromatic nitrogens is 8. The lowest BCUT2D eigenvalue weighted by atomic mass is 10.1. The summed E-state index contributed by atoms with van der Waals surface area (Å²) in [5.41, 5.74) is 10.6. The number of fused-ring (bicyclic) bond motifs is 4. The van der Waals surface area contributed by atoms with E-state index >= 15 is 0 Å². The molecule has 19 nitrogen and oxygen atoms in total. The number of aromatic amines is 2. The molecular weight excluding hydrogens is 961 g/mol. The van der Waals surface area contributed by atoms with Gasteiger partial charge in [0.15, 0.2) is 0 Å². The van der Waals surface area contributed by atoms with Crippen molar-refractivity contribution in [1.29, 1.82) is 0 Å². The zero-order valence-electron chi connectivity index (χ0n) is 45.8. The highest BCUT2D eigenvalue weighted by Gasteiger charge is 2.23. The molecule has 76 heavy (non-hydrogen) atoms. The Kier molecular flexibility index (Phi) is 18.1. The smallest absolute Gasteiger partial charge is 0.420 e. The average Bonchev–Trinajstić information content (AvgIpc) is 4.24. The van der Waals surface area contributed by atoms with Crippen molar-refractivity contribution >= 4 is 62.6 Å².